The predicted octanol–water partition coefficient (Wildman–Crippen LogP) is 5.48. The molecule has 1 aliphatic rings. The van der Waals surface area contributed by atoms with Gasteiger partial charge >= 0.3 is 0 Å². The number of nitrogens with zero attached hydrogens (tertiary/aromatic N) is 2. The normalized spacial score (nSPS) is 17.0. The minimum Gasteiger partial charge on any atom is -0.383 e. The van der Waals surface area contributed by atoms with Gasteiger partial charge in [-0.3, -0.25) is 0 Å². The van der Waals surface area contributed by atoms with E-state index in [9.17, 15) is 5.26 Å². The van der Waals surface area contributed by atoms with E-state index in [4.69, 9.17) is 5.73 Å². The lowest BCUT2D eigenvalue weighted by molar-refractivity contribution is 0.215. The molecular weight excluding hydrogens is 318 g/mol. The van der Waals surface area contributed by atoms with Crippen LogP contribution in [-0.4, -0.2) is 4.98 Å². The Morgan fingerprint density at radius 2 is 1.85 bits per heavy atom. The molecule has 1 unspecified atom stereocenters. The monoisotopic (exact) mass is 347 g/mol. The first-order chi connectivity index (χ1) is 12.2. The molecule has 3 heteroatoms. The molecule has 0 amide bonds. The van der Waals surface area contributed by atoms with Crippen molar-refractivity contribution in [1.29, 1.82) is 5.26 Å². The van der Waals surface area contributed by atoms with E-state index < -0.39 is 0 Å². The van der Waals surface area contributed by atoms with Crippen LogP contribution in [0.3, 0.4) is 0 Å². The van der Waals surface area contributed by atoms with Crippen molar-refractivity contribution in [2.75, 3.05) is 5.73 Å². The van der Waals surface area contributed by atoms with E-state index in [0.29, 0.717) is 23.2 Å². The quantitative estimate of drug-likeness (QED) is 0.782. The second-order valence-corrected chi connectivity index (χ2v) is 8.87. The molecule has 1 heterocycles. The van der Waals surface area contributed by atoms with Gasteiger partial charge in [0.25, 0.3) is 0 Å². The second-order valence-electron chi connectivity index (χ2n) is 8.87. The summed E-state index contributed by atoms with van der Waals surface area (Å²) in [5, 5.41) is 9.76. The summed E-state index contributed by atoms with van der Waals surface area (Å²) in [6, 6.07) is 10.9. The minimum atomic E-state index is 0.241. The van der Waals surface area contributed by atoms with Crippen molar-refractivity contribution in [1.82, 2.24) is 4.98 Å². The Bertz CT molecular complexity index is 849. The van der Waals surface area contributed by atoms with Crippen LogP contribution in [0, 0.1) is 22.7 Å². The van der Waals surface area contributed by atoms with Crippen LogP contribution in [0.5, 0.6) is 0 Å². The van der Waals surface area contributed by atoms with Crippen molar-refractivity contribution in [3.63, 3.8) is 0 Å². The molecule has 136 valence electrons. The molecule has 1 atom stereocenters. The number of pyridine rings is 1. The van der Waals surface area contributed by atoms with Crippen LogP contribution in [-0.2, 0) is 12.8 Å². The van der Waals surface area contributed by atoms with Gasteiger partial charge in [0.2, 0.25) is 0 Å². The Morgan fingerprint density at radius 1 is 1.19 bits per heavy atom. The third kappa shape index (κ3) is 3.33. The number of nitrogen functional groups attached to an aromatic ring is 1. The lowest BCUT2D eigenvalue weighted by atomic mass is 9.70. The molecule has 0 saturated heterocycles. The summed E-state index contributed by atoms with van der Waals surface area (Å²) in [7, 11) is 0. The molecule has 0 spiro atoms. The number of aromatic nitrogens is 1. The number of hydrogen-bond donors (Lipinski definition) is 1. The van der Waals surface area contributed by atoms with Gasteiger partial charge in [-0.25, -0.2) is 4.98 Å². The van der Waals surface area contributed by atoms with Gasteiger partial charge in [0.15, 0.2) is 0 Å². The smallest absolute Gasteiger partial charge is 0.142 e. The van der Waals surface area contributed by atoms with E-state index in [2.05, 4.69) is 69.9 Å². The van der Waals surface area contributed by atoms with Gasteiger partial charge in [0.1, 0.15) is 17.5 Å². The number of benzene rings is 1. The van der Waals surface area contributed by atoms with Crippen molar-refractivity contribution < 1.29 is 0 Å². The average molecular weight is 348 g/mol. The average Bonchev–Trinajstić information content (AvgIpc) is 2.59. The standard InChI is InChI=1S/C23H29N3/c1-14(2)15-6-8-16(9-7-15)21-18-12-17(23(3,4)5)10-11-20(18)26-22(25)19(21)13-24/h6-9,14,17H,10-12H2,1-5H3,(H2,25,26). The summed E-state index contributed by atoms with van der Waals surface area (Å²) in [5.74, 6) is 1.44. The molecule has 26 heavy (non-hydrogen) atoms. The van der Waals surface area contributed by atoms with E-state index in [1.54, 1.807) is 0 Å². The maximum absolute atomic E-state index is 9.76. The maximum atomic E-state index is 9.76. The number of fused-ring (bicyclic) bond motifs is 1. The molecule has 0 bridgehead atoms. The number of aryl methyl sites for hydroxylation is 1. The highest BCUT2D eigenvalue weighted by Crippen LogP contribution is 2.42. The van der Waals surface area contributed by atoms with Crippen molar-refractivity contribution in [2.45, 2.75) is 59.8 Å². The van der Waals surface area contributed by atoms with Crippen LogP contribution in [0.4, 0.5) is 5.82 Å². The maximum Gasteiger partial charge on any atom is 0.142 e. The van der Waals surface area contributed by atoms with E-state index in [1.807, 2.05) is 0 Å². The largest absolute Gasteiger partial charge is 0.383 e. The van der Waals surface area contributed by atoms with E-state index in [0.717, 1.165) is 36.1 Å². The molecule has 0 fully saturated rings. The minimum absolute atomic E-state index is 0.241. The third-order valence-corrected chi connectivity index (χ3v) is 5.79. The molecule has 3 rings (SSSR count). The van der Waals surface area contributed by atoms with E-state index >= 15 is 0 Å². The zero-order chi connectivity index (χ0) is 19.1. The first kappa shape index (κ1) is 18.5. The van der Waals surface area contributed by atoms with Crippen LogP contribution in [0.25, 0.3) is 11.1 Å². The Hall–Kier alpha value is -2.34. The first-order valence-electron chi connectivity index (χ1n) is 9.54. The topological polar surface area (TPSA) is 62.7 Å². The van der Waals surface area contributed by atoms with Gasteiger partial charge in [0.05, 0.1) is 0 Å². The fourth-order valence-electron chi connectivity index (χ4n) is 3.98. The molecule has 2 N–H and O–H groups in total. The summed E-state index contributed by atoms with van der Waals surface area (Å²) >= 11 is 0. The summed E-state index contributed by atoms with van der Waals surface area (Å²) in [6.07, 6.45) is 3.02. The van der Waals surface area contributed by atoms with Gasteiger partial charge in [-0.2, -0.15) is 5.26 Å². The van der Waals surface area contributed by atoms with Gasteiger partial charge < -0.3 is 5.73 Å². The number of nitrogens with two attached hydrogens (primary N) is 1. The number of anilines is 1. The highest BCUT2D eigenvalue weighted by Gasteiger charge is 2.32. The summed E-state index contributed by atoms with van der Waals surface area (Å²) in [6.45, 7) is 11.3. The number of nitriles is 1. The molecule has 0 saturated carbocycles. The summed E-state index contributed by atoms with van der Waals surface area (Å²) in [4.78, 5) is 4.59. The zero-order valence-electron chi connectivity index (χ0n) is 16.6. The lowest BCUT2D eigenvalue weighted by Gasteiger charge is -2.35. The highest BCUT2D eigenvalue weighted by molar-refractivity contribution is 5.79. The fourth-order valence-corrected chi connectivity index (χ4v) is 3.98. The van der Waals surface area contributed by atoms with Crippen molar-refractivity contribution in [2.24, 2.45) is 11.3 Å². The zero-order valence-corrected chi connectivity index (χ0v) is 16.6. The lowest BCUT2D eigenvalue weighted by Crippen LogP contribution is -2.28. The Balaban J connectivity index is 2.17. The van der Waals surface area contributed by atoms with Crippen LogP contribution < -0.4 is 5.73 Å². The van der Waals surface area contributed by atoms with Crippen molar-refractivity contribution >= 4 is 5.82 Å². The predicted molar refractivity (Wildman–Crippen MR) is 108 cm³/mol. The van der Waals surface area contributed by atoms with Crippen molar-refractivity contribution in [3.05, 3.63) is 46.6 Å². The third-order valence-electron chi connectivity index (χ3n) is 5.79. The summed E-state index contributed by atoms with van der Waals surface area (Å²) in [5.41, 5.74) is 12.6. The van der Waals surface area contributed by atoms with Crippen LogP contribution in [0.1, 0.15) is 69.3 Å². The van der Waals surface area contributed by atoms with Gasteiger partial charge in [-0.1, -0.05) is 58.9 Å². The van der Waals surface area contributed by atoms with E-state index in [1.165, 1.54) is 11.1 Å². The molecule has 2 aromatic rings. The van der Waals surface area contributed by atoms with Crippen LogP contribution >= 0.6 is 0 Å². The molecule has 1 aromatic carbocycles. The first-order valence-corrected chi connectivity index (χ1v) is 9.54. The Morgan fingerprint density at radius 3 is 2.38 bits per heavy atom. The molecule has 0 radical (unpaired) electrons. The molecule has 1 aromatic heterocycles. The second kappa shape index (κ2) is 6.76. The van der Waals surface area contributed by atoms with Gasteiger partial charge in [-0.15, -0.1) is 0 Å². The van der Waals surface area contributed by atoms with Gasteiger partial charge in [0, 0.05) is 11.3 Å². The number of rotatable bonds is 2. The van der Waals surface area contributed by atoms with Gasteiger partial charge in [-0.05, 0) is 53.2 Å². The van der Waals surface area contributed by atoms with Crippen LogP contribution in [0.15, 0.2) is 24.3 Å². The molecule has 1 aliphatic carbocycles. The van der Waals surface area contributed by atoms with E-state index in [-0.39, 0.29) is 5.41 Å². The summed E-state index contributed by atoms with van der Waals surface area (Å²) < 4.78 is 0. The highest BCUT2D eigenvalue weighted by atomic mass is 14.9. The van der Waals surface area contributed by atoms with Crippen molar-refractivity contribution in [3.8, 4) is 17.2 Å². The van der Waals surface area contributed by atoms with Crippen LogP contribution in [0.2, 0.25) is 0 Å². The fraction of sp³-hybridized carbons (Fsp3) is 0.478. The Labute approximate surface area is 157 Å². The SMILES string of the molecule is CC(C)c1ccc(-c2c(C#N)c(N)nc3c2CC(C(C)(C)C)CC3)cc1. The molecule has 0 aliphatic heterocycles. The number of hydrogen-bond acceptors (Lipinski definition) is 3. The molecular formula is C23H29N3. The Kier molecular flexibility index (Phi) is 4.80. The molecule has 3 nitrogen and oxygen atoms in total.